The van der Waals surface area contributed by atoms with Crippen LogP contribution >= 0.6 is 11.6 Å². The Hall–Kier alpha value is -2.38. The summed E-state index contributed by atoms with van der Waals surface area (Å²) in [6.45, 7) is 1.45. The lowest BCUT2D eigenvalue weighted by Crippen LogP contribution is -2.40. The second-order valence-electron chi connectivity index (χ2n) is 7.53. The molecule has 1 aromatic carbocycles. The summed E-state index contributed by atoms with van der Waals surface area (Å²) in [5, 5.41) is 7.43. The first-order valence-electron chi connectivity index (χ1n) is 10.0. The number of hydrogen-bond acceptors (Lipinski definition) is 5. The second-order valence-corrected chi connectivity index (χ2v) is 7.94. The molecule has 4 rings (SSSR count). The Balaban J connectivity index is 1.46. The van der Waals surface area contributed by atoms with Gasteiger partial charge in [-0.3, -0.25) is 9.59 Å². The molecule has 1 aromatic heterocycles. The van der Waals surface area contributed by atoms with Crippen LogP contribution in [0, 0.1) is 0 Å². The van der Waals surface area contributed by atoms with Gasteiger partial charge >= 0.3 is 0 Å². The highest BCUT2D eigenvalue weighted by atomic mass is 35.5. The number of aromatic nitrogens is 1. The highest BCUT2D eigenvalue weighted by molar-refractivity contribution is 6.33. The molecule has 7 nitrogen and oxygen atoms in total. The van der Waals surface area contributed by atoms with Gasteiger partial charge in [-0.2, -0.15) is 0 Å². The quantitative estimate of drug-likeness (QED) is 0.712. The molecule has 2 amide bonds. The number of ether oxygens (including phenoxy) is 1. The van der Waals surface area contributed by atoms with Gasteiger partial charge in [0.2, 0.25) is 5.91 Å². The molecule has 2 heterocycles. The number of hydrogen-bond donors (Lipinski definition) is 1. The van der Waals surface area contributed by atoms with Crippen LogP contribution in [0.3, 0.4) is 0 Å². The minimum atomic E-state index is -0.276. The van der Waals surface area contributed by atoms with E-state index in [4.69, 9.17) is 20.9 Å². The molecule has 8 heteroatoms. The molecule has 154 valence electrons. The summed E-state index contributed by atoms with van der Waals surface area (Å²) >= 11 is 6.21. The van der Waals surface area contributed by atoms with Crippen LogP contribution in [-0.2, 0) is 9.53 Å². The Morgan fingerprint density at radius 3 is 2.79 bits per heavy atom. The van der Waals surface area contributed by atoms with E-state index in [0.29, 0.717) is 42.1 Å². The third kappa shape index (κ3) is 5.16. The molecular formula is C21H24ClN3O4. The van der Waals surface area contributed by atoms with Crippen LogP contribution < -0.4 is 5.32 Å². The lowest BCUT2D eigenvalue weighted by Gasteiger charge is -2.24. The second kappa shape index (κ2) is 8.97. The summed E-state index contributed by atoms with van der Waals surface area (Å²) in [7, 11) is 0. The Morgan fingerprint density at radius 1 is 1.24 bits per heavy atom. The fraction of sp³-hybridized carbons (Fsp3) is 0.476. The summed E-state index contributed by atoms with van der Waals surface area (Å²) in [4.78, 5) is 26.8. The van der Waals surface area contributed by atoms with Crippen molar-refractivity contribution >= 4 is 23.4 Å². The van der Waals surface area contributed by atoms with Gasteiger partial charge in [0.15, 0.2) is 11.5 Å². The van der Waals surface area contributed by atoms with Gasteiger partial charge < -0.3 is 19.5 Å². The van der Waals surface area contributed by atoms with Crippen LogP contribution in [0.25, 0.3) is 11.3 Å². The van der Waals surface area contributed by atoms with Crippen LogP contribution in [0.4, 0.5) is 0 Å². The fourth-order valence-corrected chi connectivity index (χ4v) is 3.63. The predicted molar refractivity (Wildman–Crippen MR) is 108 cm³/mol. The van der Waals surface area contributed by atoms with Gasteiger partial charge in [-0.15, -0.1) is 0 Å². The molecule has 1 N–H and O–H groups in total. The molecule has 0 bridgehead atoms. The number of amides is 2. The maximum absolute atomic E-state index is 13.1. The van der Waals surface area contributed by atoms with Crippen molar-refractivity contribution in [2.45, 2.75) is 44.2 Å². The normalized spacial score (nSPS) is 18.6. The van der Waals surface area contributed by atoms with Crippen molar-refractivity contribution in [3.63, 3.8) is 0 Å². The van der Waals surface area contributed by atoms with Crippen molar-refractivity contribution < 1.29 is 18.8 Å². The fourth-order valence-electron chi connectivity index (χ4n) is 3.40. The molecule has 0 radical (unpaired) electrons. The first kappa shape index (κ1) is 19.9. The smallest absolute Gasteiger partial charge is 0.276 e. The Bertz CT molecular complexity index is 874. The number of carbonyl (C=O) groups excluding carboxylic acids is 2. The van der Waals surface area contributed by atoms with E-state index in [1.165, 1.54) is 0 Å². The predicted octanol–water partition coefficient (Wildman–Crippen LogP) is 3.28. The third-order valence-corrected chi connectivity index (χ3v) is 5.48. The molecule has 0 spiro atoms. The number of rotatable bonds is 8. The van der Waals surface area contributed by atoms with Crippen molar-refractivity contribution in [1.29, 1.82) is 0 Å². The highest BCUT2D eigenvalue weighted by Crippen LogP contribution is 2.28. The van der Waals surface area contributed by atoms with E-state index >= 15 is 0 Å². The topological polar surface area (TPSA) is 84.7 Å². The van der Waals surface area contributed by atoms with Crippen LogP contribution in [0.2, 0.25) is 5.02 Å². The SMILES string of the molecule is O=C(CCN(CC1CCCO1)C(=O)c1cc(-c2ccccc2Cl)on1)NC1CC1. The van der Waals surface area contributed by atoms with E-state index in [2.05, 4.69) is 10.5 Å². The molecule has 1 unspecified atom stereocenters. The zero-order valence-corrected chi connectivity index (χ0v) is 16.9. The summed E-state index contributed by atoms with van der Waals surface area (Å²) in [6.07, 6.45) is 4.20. The first-order valence-corrected chi connectivity index (χ1v) is 10.4. The Kier molecular flexibility index (Phi) is 6.16. The number of benzene rings is 1. The molecule has 1 aliphatic heterocycles. The van der Waals surface area contributed by atoms with E-state index in [1.54, 1.807) is 17.0 Å². The van der Waals surface area contributed by atoms with Gasteiger partial charge in [0.05, 0.1) is 11.1 Å². The molecule has 2 fully saturated rings. The van der Waals surface area contributed by atoms with E-state index in [-0.39, 0.29) is 30.0 Å². The Morgan fingerprint density at radius 2 is 2.07 bits per heavy atom. The van der Waals surface area contributed by atoms with Crippen LogP contribution in [0.1, 0.15) is 42.6 Å². The zero-order valence-electron chi connectivity index (χ0n) is 16.1. The molecule has 2 aliphatic rings. The number of halogens is 1. The van der Waals surface area contributed by atoms with Crippen molar-refractivity contribution in [2.24, 2.45) is 0 Å². The van der Waals surface area contributed by atoms with Gasteiger partial charge in [0.25, 0.3) is 5.91 Å². The van der Waals surface area contributed by atoms with Crippen LogP contribution in [0.5, 0.6) is 0 Å². The molecular weight excluding hydrogens is 394 g/mol. The van der Waals surface area contributed by atoms with Gasteiger partial charge in [-0.05, 0) is 37.8 Å². The van der Waals surface area contributed by atoms with E-state index in [0.717, 1.165) is 25.7 Å². The zero-order chi connectivity index (χ0) is 20.2. The lowest BCUT2D eigenvalue weighted by atomic mass is 10.1. The van der Waals surface area contributed by atoms with Crippen molar-refractivity contribution in [3.8, 4) is 11.3 Å². The first-order chi connectivity index (χ1) is 14.1. The van der Waals surface area contributed by atoms with Gasteiger partial charge in [-0.25, -0.2) is 0 Å². The number of carbonyl (C=O) groups is 2. The van der Waals surface area contributed by atoms with Gasteiger partial charge in [0.1, 0.15) is 0 Å². The van der Waals surface area contributed by atoms with Gasteiger partial charge in [0, 0.05) is 43.8 Å². The average molecular weight is 418 g/mol. The highest BCUT2D eigenvalue weighted by Gasteiger charge is 2.28. The molecule has 1 atom stereocenters. The molecule has 1 saturated heterocycles. The summed E-state index contributed by atoms with van der Waals surface area (Å²) in [6, 6.07) is 9.12. The van der Waals surface area contributed by atoms with Crippen molar-refractivity contribution in [2.75, 3.05) is 19.7 Å². The maximum atomic E-state index is 13.1. The molecule has 1 aliphatic carbocycles. The summed E-state index contributed by atoms with van der Waals surface area (Å²) in [5.41, 5.74) is 0.871. The van der Waals surface area contributed by atoms with E-state index < -0.39 is 0 Å². The summed E-state index contributed by atoms with van der Waals surface area (Å²) in [5.74, 6) is 0.124. The molecule has 29 heavy (non-hydrogen) atoms. The van der Waals surface area contributed by atoms with Crippen LogP contribution in [0.15, 0.2) is 34.9 Å². The van der Waals surface area contributed by atoms with Crippen LogP contribution in [-0.4, -0.2) is 53.7 Å². The maximum Gasteiger partial charge on any atom is 0.276 e. The van der Waals surface area contributed by atoms with Crippen molar-refractivity contribution in [3.05, 3.63) is 41.0 Å². The van der Waals surface area contributed by atoms with Gasteiger partial charge in [-0.1, -0.05) is 28.9 Å². The standard InChI is InChI=1S/C21H24ClN3O4/c22-17-6-2-1-5-16(17)19-12-18(24-29-19)21(27)25(13-15-4-3-11-28-15)10-9-20(26)23-14-7-8-14/h1-2,5-6,12,14-15H,3-4,7-11,13H2,(H,23,26). The molecule has 2 aromatic rings. The Labute approximate surface area is 174 Å². The third-order valence-electron chi connectivity index (χ3n) is 5.16. The average Bonchev–Trinajstić information content (AvgIpc) is 3.19. The number of nitrogens with zero attached hydrogens (tertiary/aromatic N) is 2. The van der Waals surface area contributed by atoms with E-state index in [9.17, 15) is 9.59 Å². The largest absolute Gasteiger partial charge is 0.376 e. The van der Waals surface area contributed by atoms with E-state index in [1.807, 2.05) is 18.2 Å². The monoisotopic (exact) mass is 417 g/mol. The summed E-state index contributed by atoms with van der Waals surface area (Å²) < 4.78 is 11.1. The molecule has 1 saturated carbocycles. The lowest BCUT2D eigenvalue weighted by molar-refractivity contribution is -0.121. The minimum Gasteiger partial charge on any atom is -0.376 e. The minimum absolute atomic E-state index is 0.0135. The van der Waals surface area contributed by atoms with Crippen molar-refractivity contribution in [1.82, 2.24) is 15.4 Å². The number of nitrogens with one attached hydrogen (secondary N) is 1.